The number of nitrogens with zero attached hydrogens (tertiary/aromatic N) is 3. The van der Waals surface area contributed by atoms with E-state index in [1.165, 1.54) is 7.11 Å². The predicted molar refractivity (Wildman–Crippen MR) is 106 cm³/mol. The number of hydrogen-bond donors (Lipinski definition) is 1. The average Bonchev–Trinajstić information content (AvgIpc) is 2.73. The molecule has 3 rings (SSSR count). The molecule has 7 heteroatoms. The molecule has 0 amide bonds. The molecule has 2 aromatic carbocycles. The number of rotatable bonds is 5. The van der Waals surface area contributed by atoms with Gasteiger partial charge in [-0.15, -0.1) is 10.2 Å². The topological polar surface area (TPSA) is 99.8 Å². The second-order valence-corrected chi connectivity index (χ2v) is 5.89. The average molecular weight is 374 g/mol. The predicted octanol–water partition coefficient (Wildman–Crippen LogP) is 4.65. The van der Waals surface area contributed by atoms with Gasteiger partial charge in [0.15, 0.2) is 0 Å². The highest BCUT2D eigenvalue weighted by Gasteiger charge is 2.16. The fraction of sp³-hybridized carbons (Fsp3) is 0.143. The third kappa shape index (κ3) is 3.62. The van der Waals surface area contributed by atoms with Crippen LogP contribution in [0.15, 0.2) is 63.6 Å². The summed E-state index contributed by atoms with van der Waals surface area (Å²) in [7, 11) is 3.09. The second-order valence-electron chi connectivity index (χ2n) is 5.89. The van der Waals surface area contributed by atoms with Crippen LogP contribution in [0, 0.1) is 18.3 Å². The van der Waals surface area contributed by atoms with Crippen molar-refractivity contribution in [3.8, 4) is 28.8 Å². The maximum atomic E-state index is 12.3. The molecule has 0 spiro atoms. The molecule has 0 aliphatic carbocycles. The molecular weight excluding hydrogens is 356 g/mol. The van der Waals surface area contributed by atoms with Gasteiger partial charge in [0.05, 0.1) is 19.9 Å². The van der Waals surface area contributed by atoms with Gasteiger partial charge < -0.3 is 14.5 Å². The molecule has 1 aromatic heterocycles. The standard InChI is InChI=1S/C21H18N4O3/c1-13-16(12-22)21(26)23-20(14-7-5-4-6-8-14)19(13)25-24-17-10-9-15(27-2)11-18(17)28-3/h4-11H,1-3H3,(H,23,26). The molecule has 0 bridgehead atoms. The Kier molecular flexibility index (Phi) is 5.51. The first-order chi connectivity index (χ1) is 13.6. The summed E-state index contributed by atoms with van der Waals surface area (Å²) in [6.45, 7) is 1.68. The molecule has 0 saturated heterocycles. The number of methoxy groups -OCH3 is 2. The molecule has 28 heavy (non-hydrogen) atoms. The van der Waals surface area contributed by atoms with Crippen molar-refractivity contribution in [2.24, 2.45) is 10.2 Å². The van der Waals surface area contributed by atoms with Crippen LogP contribution < -0.4 is 15.0 Å². The number of pyridine rings is 1. The van der Waals surface area contributed by atoms with E-state index in [-0.39, 0.29) is 5.56 Å². The number of hydrogen-bond acceptors (Lipinski definition) is 6. The first-order valence-electron chi connectivity index (χ1n) is 8.45. The minimum absolute atomic E-state index is 0.00956. The number of benzene rings is 2. The van der Waals surface area contributed by atoms with Crippen molar-refractivity contribution in [3.05, 3.63) is 70.0 Å². The maximum Gasteiger partial charge on any atom is 0.266 e. The summed E-state index contributed by atoms with van der Waals surface area (Å²) >= 11 is 0. The first-order valence-corrected chi connectivity index (χ1v) is 8.45. The maximum absolute atomic E-state index is 12.3. The van der Waals surface area contributed by atoms with Crippen LogP contribution in [0.3, 0.4) is 0 Å². The smallest absolute Gasteiger partial charge is 0.266 e. The van der Waals surface area contributed by atoms with Crippen molar-refractivity contribution in [2.45, 2.75) is 6.92 Å². The van der Waals surface area contributed by atoms with Crippen molar-refractivity contribution >= 4 is 11.4 Å². The van der Waals surface area contributed by atoms with Crippen molar-refractivity contribution in [2.75, 3.05) is 14.2 Å². The minimum Gasteiger partial charge on any atom is -0.497 e. The zero-order valence-electron chi connectivity index (χ0n) is 15.7. The summed E-state index contributed by atoms with van der Waals surface area (Å²) in [4.78, 5) is 15.0. The van der Waals surface area contributed by atoms with Crippen molar-refractivity contribution < 1.29 is 9.47 Å². The summed E-state index contributed by atoms with van der Waals surface area (Å²) in [6, 6.07) is 16.4. The largest absolute Gasteiger partial charge is 0.497 e. The summed E-state index contributed by atoms with van der Waals surface area (Å²) in [5.74, 6) is 1.12. The number of aromatic amines is 1. The van der Waals surface area contributed by atoms with Gasteiger partial charge in [0, 0.05) is 17.2 Å². The highest BCUT2D eigenvalue weighted by molar-refractivity contribution is 5.75. The van der Waals surface area contributed by atoms with Crippen LogP contribution in [0.4, 0.5) is 11.4 Å². The van der Waals surface area contributed by atoms with Gasteiger partial charge in [-0.2, -0.15) is 5.26 Å². The number of nitriles is 1. The molecule has 0 unspecified atom stereocenters. The fourth-order valence-corrected chi connectivity index (χ4v) is 2.76. The fourth-order valence-electron chi connectivity index (χ4n) is 2.76. The Morgan fingerprint density at radius 2 is 1.79 bits per heavy atom. The van der Waals surface area contributed by atoms with E-state index in [1.807, 2.05) is 36.4 Å². The lowest BCUT2D eigenvalue weighted by atomic mass is 10.0. The van der Waals surface area contributed by atoms with Crippen LogP contribution in [0.5, 0.6) is 11.5 Å². The zero-order chi connectivity index (χ0) is 20.1. The molecule has 3 aromatic rings. The number of ether oxygens (including phenoxy) is 2. The lowest BCUT2D eigenvalue weighted by Gasteiger charge is -2.10. The number of H-pyrrole nitrogens is 1. The lowest BCUT2D eigenvalue weighted by molar-refractivity contribution is 0.395. The quantitative estimate of drug-likeness (QED) is 0.657. The van der Waals surface area contributed by atoms with Crippen molar-refractivity contribution in [1.82, 2.24) is 4.98 Å². The number of aromatic nitrogens is 1. The van der Waals surface area contributed by atoms with Gasteiger partial charge in [0.2, 0.25) is 0 Å². The van der Waals surface area contributed by atoms with E-state index in [1.54, 1.807) is 32.2 Å². The number of azo groups is 1. The summed E-state index contributed by atoms with van der Waals surface area (Å²) in [6.07, 6.45) is 0. The monoisotopic (exact) mass is 374 g/mol. The Balaban J connectivity index is 2.17. The molecular formula is C21H18N4O3. The molecule has 0 fully saturated rings. The van der Waals surface area contributed by atoms with Crippen molar-refractivity contribution in [1.29, 1.82) is 5.26 Å². The van der Waals surface area contributed by atoms with Gasteiger partial charge in [-0.1, -0.05) is 30.3 Å². The highest BCUT2D eigenvalue weighted by atomic mass is 16.5. The molecule has 1 N–H and O–H groups in total. The van der Waals surface area contributed by atoms with Crippen LogP contribution in [-0.4, -0.2) is 19.2 Å². The van der Waals surface area contributed by atoms with Crippen LogP contribution in [0.25, 0.3) is 11.3 Å². The Bertz CT molecular complexity index is 1130. The second kappa shape index (κ2) is 8.18. The normalized spacial score (nSPS) is 10.6. The van der Waals surface area contributed by atoms with Crippen LogP contribution in [-0.2, 0) is 0 Å². The Labute approximate surface area is 161 Å². The highest BCUT2D eigenvalue weighted by Crippen LogP contribution is 2.36. The van der Waals surface area contributed by atoms with E-state index in [0.29, 0.717) is 34.1 Å². The summed E-state index contributed by atoms with van der Waals surface area (Å²) < 4.78 is 10.5. The molecule has 0 aliphatic rings. The summed E-state index contributed by atoms with van der Waals surface area (Å²) in [5, 5.41) is 18.0. The van der Waals surface area contributed by atoms with Crippen LogP contribution in [0.1, 0.15) is 11.1 Å². The summed E-state index contributed by atoms with van der Waals surface area (Å²) in [5.41, 5.74) is 2.18. The molecule has 7 nitrogen and oxygen atoms in total. The van der Waals surface area contributed by atoms with Gasteiger partial charge >= 0.3 is 0 Å². The van der Waals surface area contributed by atoms with E-state index in [2.05, 4.69) is 15.2 Å². The third-order valence-corrected chi connectivity index (χ3v) is 4.25. The molecule has 0 saturated carbocycles. The van der Waals surface area contributed by atoms with E-state index in [0.717, 1.165) is 5.56 Å². The Hall–Kier alpha value is -3.92. The molecule has 140 valence electrons. The van der Waals surface area contributed by atoms with E-state index in [9.17, 15) is 10.1 Å². The zero-order valence-corrected chi connectivity index (χ0v) is 15.7. The van der Waals surface area contributed by atoms with E-state index >= 15 is 0 Å². The SMILES string of the molecule is COc1ccc(N=Nc2c(-c3ccccc3)[nH]c(=O)c(C#N)c2C)c(OC)c1. The van der Waals surface area contributed by atoms with E-state index < -0.39 is 5.56 Å². The first kappa shape index (κ1) is 18.9. The Morgan fingerprint density at radius 3 is 2.43 bits per heavy atom. The third-order valence-electron chi connectivity index (χ3n) is 4.25. The lowest BCUT2D eigenvalue weighted by Crippen LogP contribution is -2.13. The van der Waals surface area contributed by atoms with Gasteiger partial charge in [-0.3, -0.25) is 4.79 Å². The van der Waals surface area contributed by atoms with Gasteiger partial charge in [0.25, 0.3) is 5.56 Å². The van der Waals surface area contributed by atoms with Gasteiger partial charge in [0.1, 0.15) is 34.5 Å². The van der Waals surface area contributed by atoms with Crippen molar-refractivity contribution in [3.63, 3.8) is 0 Å². The molecule has 1 heterocycles. The van der Waals surface area contributed by atoms with Gasteiger partial charge in [-0.25, -0.2) is 0 Å². The molecule has 0 aliphatic heterocycles. The molecule has 0 atom stereocenters. The number of nitrogens with one attached hydrogen (secondary N) is 1. The molecule has 0 radical (unpaired) electrons. The minimum atomic E-state index is -0.458. The Morgan fingerprint density at radius 1 is 1.04 bits per heavy atom. The van der Waals surface area contributed by atoms with Crippen LogP contribution >= 0.6 is 0 Å². The van der Waals surface area contributed by atoms with Gasteiger partial charge in [-0.05, 0) is 19.1 Å². The van der Waals surface area contributed by atoms with E-state index in [4.69, 9.17) is 9.47 Å². The van der Waals surface area contributed by atoms with Crippen LogP contribution in [0.2, 0.25) is 0 Å².